The van der Waals surface area contributed by atoms with Crippen LogP contribution in [0, 0.1) is 0 Å². The Bertz CT molecular complexity index is 809. The van der Waals surface area contributed by atoms with Crippen molar-refractivity contribution in [3.8, 4) is 11.6 Å². The van der Waals surface area contributed by atoms with Gasteiger partial charge >= 0.3 is 0 Å². The van der Waals surface area contributed by atoms with Gasteiger partial charge in [0.2, 0.25) is 0 Å². The van der Waals surface area contributed by atoms with E-state index in [2.05, 4.69) is 34.1 Å². The van der Waals surface area contributed by atoms with Crippen LogP contribution in [-0.4, -0.2) is 51.6 Å². The molecule has 1 aromatic carbocycles. The topological polar surface area (TPSA) is 51.7 Å². The van der Waals surface area contributed by atoms with Gasteiger partial charge in [-0.1, -0.05) is 24.3 Å². The number of rotatable bonds is 3. The maximum Gasteiger partial charge on any atom is 0.257 e. The van der Waals surface area contributed by atoms with Gasteiger partial charge in [-0.3, -0.25) is 9.11 Å². The van der Waals surface area contributed by atoms with Crippen LogP contribution < -0.4 is 9.47 Å². The summed E-state index contributed by atoms with van der Waals surface area (Å²) in [6.45, 7) is 3.36. The Morgan fingerprint density at radius 3 is 2.88 bits per heavy atom. The van der Waals surface area contributed by atoms with E-state index in [0.29, 0.717) is 18.2 Å². The Kier molecular flexibility index (Phi) is 4.96. The fourth-order valence-electron chi connectivity index (χ4n) is 3.53. The van der Waals surface area contributed by atoms with Crippen molar-refractivity contribution in [2.45, 2.75) is 19.1 Å². The first-order chi connectivity index (χ1) is 12.6. The van der Waals surface area contributed by atoms with Gasteiger partial charge in [0.05, 0.1) is 0 Å². The maximum absolute atomic E-state index is 12.3. The Hall–Kier alpha value is -1.92. The molecule has 0 radical (unpaired) electrons. The first-order valence-corrected chi connectivity index (χ1v) is 11.7. The predicted octanol–water partition coefficient (Wildman–Crippen LogP) is 2.45. The van der Waals surface area contributed by atoms with Crippen molar-refractivity contribution < 1.29 is 13.7 Å². The molecule has 4 rings (SSSR count). The predicted molar refractivity (Wildman–Crippen MR) is 105 cm³/mol. The van der Waals surface area contributed by atoms with Crippen LogP contribution in [0.25, 0.3) is 0 Å². The zero-order valence-electron chi connectivity index (χ0n) is 15.1. The first kappa shape index (κ1) is 17.5. The molecule has 0 N–H and O–H groups in total. The van der Waals surface area contributed by atoms with Gasteiger partial charge in [-0.2, -0.15) is 0 Å². The van der Waals surface area contributed by atoms with Crippen molar-refractivity contribution in [3.05, 3.63) is 53.7 Å². The number of pyridine rings is 1. The minimum Gasteiger partial charge on any atom is -0.484 e. The van der Waals surface area contributed by atoms with E-state index in [1.807, 2.05) is 18.4 Å². The summed E-state index contributed by atoms with van der Waals surface area (Å²) in [6, 6.07) is 12.3. The minimum atomic E-state index is -1.90. The highest BCUT2D eigenvalue weighted by Crippen LogP contribution is 2.33. The Labute approximate surface area is 155 Å². The van der Waals surface area contributed by atoms with Crippen molar-refractivity contribution >= 4 is 9.93 Å². The van der Waals surface area contributed by atoms with Crippen molar-refractivity contribution in [2.75, 3.05) is 37.5 Å². The standard InChI is InChI=1S/C20H26N2O3S/c1-26(23)12-3-10-22(11-13-26)14-16-5-7-17(8-6-16)19-15-24-18-4-2-9-21-20(18)25-19/h2,4-9,19,26H,3,10-15H2,1H3/t19-/m1/s1. The van der Waals surface area contributed by atoms with Gasteiger partial charge in [-0.15, -0.1) is 9.93 Å². The van der Waals surface area contributed by atoms with E-state index in [-0.39, 0.29) is 6.10 Å². The molecule has 0 unspecified atom stereocenters. The number of nitrogens with zero attached hydrogens (tertiary/aromatic N) is 2. The summed E-state index contributed by atoms with van der Waals surface area (Å²) in [5.74, 6) is 2.98. The average molecular weight is 375 g/mol. The van der Waals surface area contributed by atoms with E-state index in [1.165, 1.54) is 5.56 Å². The lowest BCUT2D eigenvalue weighted by Gasteiger charge is -2.26. The van der Waals surface area contributed by atoms with E-state index in [9.17, 15) is 4.21 Å². The van der Waals surface area contributed by atoms with Crippen LogP contribution in [0.2, 0.25) is 0 Å². The fourth-order valence-corrected chi connectivity index (χ4v) is 5.27. The Morgan fingerprint density at radius 1 is 1.19 bits per heavy atom. The number of thiol groups is 1. The molecule has 3 heterocycles. The summed E-state index contributed by atoms with van der Waals surface area (Å²) in [7, 11) is -1.90. The summed E-state index contributed by atoms with van der Waals surface area (Å²) in [5, 5.41) is 0. The summed E-state index contributed by atoms with van der Waals surface area (Å²) in [4.78, 5) is 6.65. The Balaban J connectivity index is 1.39. The van der Waals surface area contributed by atoms with Gasteiger partial charge in [0.15, 0.2) is 11.9 Å². The molecule has 26 heavy (non-hydrogen) atoms. The van der Waals surface area contributed by atoms with Crippen LogP contribution in [0.3, 0.4) is 0 Å². The molecular formula is C20H26N2O3S. The second kappa shape index (κ2) is 7.37. The van der Waals surface area contributed by atoms with Gasteiger partial charge in [-0.05, 0) is 42.5 Å². The highest BCUT2D eigenvalue weighted by atomic mass is 32.2. The van der Waals surface area contributed by atoms with Crippen LogP contribution in [0.1, 0.15) is 23.7 Å². The molecule has 6 heteroatoms. The lowest BCUT2D eigenvalue weighted by Crippen LogP contribution is -2.28. The summed E-state index contributed by atoms with van der Waals surface area (Å²) in [5.41, 5.74) is 2.37. The fraction of sp³-hybridized carbons (Fsp3) is 0.450. The van der Waals surface area contributed by atoms with E-state index in [0.717, 1.165) is 43.1 Å². The van der Waals surface area contributed by atoms with Gasteiger partial charge in [0.25, 0.3) is 5.88 Å². The third kappa shape index (κ3) is 4.07. The lowest BCUT2D eigenvalue weighted by atomic mass is 10.1. The molecule has 2 aromatic rings. The molecule has 1 fully saturated rings. The summed E-state index contributed by atoms with van der Waals surface area (Å²) >= 11 is 0. The number of hydrogen-bond donors (Lipinski definition) is 1. The maximum atomic E-state index is 12.3. The van der Waals surface area contributed by atoms with Gasteiger partial charge in [-0.25, -0.2) is 4.98 Å². The van der Waals surface area contributed by atoms with E-state index in [4.69, 9.17) is 9.47 Å². The number of hydrogen-bond acceptors (Lipinski definition) is 5. The molecule has 140 valence electrons. The molecule has 2 aliphatic rings. The van der Waals surface area contributed by atoms with Gasteiger partial charge in [0, 0.05) is 30.8 Å². The molecule has 2 aliphatic heterocycles. The third-order valence-electron chi connectivity index (χ3n) is 5.13. The normalized spacial score (nSPS) is 23.8. The average Bonchev–Trinajstić information content (AvgIpc) is 2.82. The number of fused-ring (bicyclic) bond motifs is 1. The molecule has 1 aromatic heterocycles. The molecular weight excluding hydrogens is 348 g/mol. The van der Waals surface area contributed by atoms with Crippen molar-refractivity contribution in [1.82, 2.24) is 9.88 Å². The second-order valence-corrected chi connectivity index (χ2v) is 10.8. The molecule has 5 nitrogen and oxygen atoms in total. The summed E-state index contributed by atoms with van der Waals surface area (Å²) in [6.07, 6.45) is 4.57. The van der Waals surface area contributed by atoms with Crippen molar-refractivity contribution in [2.24, 2.45) is 0 Å². The minimum absolute atomic E-state index is 0.129. The Morgan fingerprint density at radius 2 is 2.04 bits per heavy atom. The molecule has 1 saturated heterocycles. The van der Waals surface area contributed by atoms with E-state index in [1.54, 1.807) is 6.20 Å². The number of benzene rings is 1. The molecule has 0 aliphatic carbocycles. The molecule has 0 amide bonds. The van der Waals surface area contributed by atoms with Crippen LogP contribution in [0.5, 0.6) is 11.6 Å². The molecule has 0 bridgehead atoms. The van der Waals surface area contributed by atoms with E-state index >= 15 is 0 Å². The highest BCUT2D eigenvalue weighted by molar-refractivity contribution is 8.02. The first-order valence-electron chi connectivity index (χ1n) is 9.20. The molecule has 1 atom stereocenters. The summed E-state index contributed by atoms with van der Waals surface area (Å²) < 4.78 is 24.0. The van der Waals surface area contributed by atoms with Gasteiger partial charge < -0.3 is 9.47 Å². The zero-order chi connectivity index (χ0) is 18.0. The van der Waals surface area contributed by atoms with E-state index < -0.39 is 9.93 Å². The highest BCUT2D eigenvalue weighted by Gasteiger charge is 2.23. The largest absolute Gasteiger partial charge is 0.484 e. The molecule has 0 saturated carbocycles. The van der Waals surface area contributed by atoms with Crippen molar-refractivity contribution in [1.29, 1.82) is 0 Å². The molecule has 0 spiro atoms. The smallest absolute Gasteiger partial charge is 0.257 e. The number of aromatic nitrogens is 1. The van der Waals surface area contributed by atoms with Crippen molar-refractivity contribution in [3.63, 3.8) is 0 Å². The van der Waals surface area contributed by atoms with Gasteiger partial charge in [0.1, 0.15) is 6.61 Å². The lowest BCUT2D eigenvalue weighted by molar-refractivity contribution is 0.0851. The zero-order valence-corrected chi connectivity index (χ0v) is 16.0. The number of ether oxygens (including phenoxy) is 2. The monoisotopic (exact) mass is 374 g/mol. The second-order valence-electron chi connectivity index (χ2n) is 7.34. The van der Waals surface area contributed by atoms with Crippen LogP contribution in [0.15, 0.2) is 42.6 Å². The van der Waals surface area contributed by atoms with Crippen LogP contribution in [0.4, 0.5) is 0 Å². The quantitative estimate of drug-likeness (QED) is 0.837. The SMILES string of the molecule is C[SH]1(=O)CCCN(Cc2ccc([C@H]3COc4cccnc4O3)cc2)CC1. The van der Waals surface area contributed by atoms with Crippen LogP contribution >= 0.6 is 0 Å². The third-order valence-corrected chi connectivity index (χ3v) is 7.54. The van der Waals surface area contributed by atoms with Crippen LogP contribution in [-0.2, 0) is 16.5 Å².